The molecule has 1 aliphatic carbocycles. The van der Waals surface area contributed by atoms with E-state index in [4.69, 9.17) is 0 Å². The first-order valence-corrected chi connectivity index (χ1v) is 9.35. The summed E-state index contributed by atoms with van der Waals surface area (Å²) >= 11 is 3.77. The van der Waals surface area contributed by atoms with Gasteiger partial charge in [0.1, 0.15) is 0 Å². The fourth-order valence-electron chi connectivity index (χ4n) is 2.94. The van der Waals surface area contributed by atoms with Crippen molar-refractivity contribution in [3.63, 3.8) is 0 Å². The number of nitrogens with one attached hydrogen (secondary N) is 1. The summed E-state index contributed by atoms with van der Waals surface area (Å²) in [6, 6.07) is 14.2. The zero-order valence-electron chi connectivity index (χ0n) is 12.1. The minimum absolute atomic E-state index is 0.568. The van der Waals surface area contributed by atoms with Crippen LogP contribution in [-0.2, 0) is 0 Å². The lowest BCUT2D eigenvalue weighted by Gasteiger charge is -2.15. The summed E-state index contributed by atoms with van der Waals surface area (Å²) in [6.45, 7) is 3.25. The number of thiophene rings is 2. The third kappa shape index (κ3) is 2.66. The number of hydrogen-bond acceptors (Lipinski definition) is 3. The molecule has 1 N–H and O–H groups in total. The Bertz CT molecular complexity index is 751. The predicted molar refractivity (Wildman–Crippen MR) is 94.3 cm³/mol. The van der Waals surface area contributed by atoms with Crippen molar-refractivity contribution >= 4 is 32.8 Å². The Morgan fingerprint density at radius 3 is 2.90 bits per heavy atom. The second kappa shape index (κ2) is 5.56. The van der Waals surface area contributed by atoms with Gasteiger partial charge in [0, 0.05) is 20.5 Å². The first-order valence-electron chi connectivity index (χ1n) is 7.66. The molecule has 2 heterocycles. The monoisotopic (exact) mass is 313 g/mol. The van der Waals surface area contributed by atoms with Crippen LogP contribution in [0.4, 0.5) is 0 Å². The van der Waals surface area contributed by atoms with Crippen molar-refractivity contribution in [2.24, 2.45) is 5.92 Å². The van der Waals surface area contributed by atoms with Crippen LogP contribution in [0.1, 0.15) is 30.7 Å². The molecule has 1 nitrogen and oxygen atoms in total. The SMILES string of the molecule is CCNC(c1ccc(-c2ccc3sccc3c2)s1)C1CC1. The molecular weight excluding hydrogens is 294 g/mol. The Morgan fingerprint density at radius 2 is 2.10 bits per heavy atom. The first-order chi connectivity index (χ1) is 10.3. The lowest BCUT2D eigenvalue weighted by Crippen LogP contribution is -2.21. The number of benzene rings is 1. The van der Waals surface area contributed by atoms with Gasteiger partial charge in [-0.05, 0) is 72.0 Å². The van der Waals surface area contributed by atoms with Gasteiger partial charge in [-0.1, -0.05) is 13.0 Å². The maximum Gasteiger partial charge on any atom is 0.0443 e. The van der Waals surface area contributed by atoms with Gasteiger partial charge in [0.15, 0.2) is 0 Å². The highest BCUT2D eigenvalue weighted by Gasteiger charge is 2.32. The smallest absolute Gasteiger partial charge is 0.0443 e. The molecule has 108 valence electrons. The summed E-state index contributed by atoms with van der Waals surface area (Å²) in [5.74, 6) is 0.857. The standard InChI is InChI=1S/C18H19NS2/c1-2-19-18(12-3-4-12)17-8-7-16(21-17)13-5-6-15-14(11-13)9-10-20-15/h5-12,18-19H,2-4H2,1H3. The van der Waals surface area contributed by atoms with Crippen LogP contribution < -0.4 is 5.32 Å². The minimum atomic E-state index is 0.568. The molecule has 1 atom stereocenters. The third-order valence-electron chi connectivity index (χ3n) is 4.19. The summed E-state index contributed by atoms with van der Waals surface area (Å²) in [7, 11) is 0. The van der Waals surface area contributed by atoms with E-state index in [1.807, 2.05) is 22.7 Å². The number of hydrogen-bond donors (Lipinski definition) is 1. The minimum Gasteiger partial charge on any atom is -0.309 e. The van der Waals surface area contributed by atoms with Crippen LogP contribution in [0.25, 0.3) is 20.5 Å². The van der Waals surface area contributed by atoms with Gasteiger partial charge in [0.05, 0.1) is 0 Å². The van der Waals surface area contributed by atoms with Gasteiger partial charge in [-0.3, -0.25) is 0 Å². The lowest BCUT2D eigenvalue weighted by atomic mass is 10.1. The molecule has 21 heavy (non-hydrogen) atoms. The molecule has 0 radical (unpaired) electrons. The quantitative estimate of drug-likeness (QED) is 0.638. The van der Waals surface area contributed by atoms with E-state index in [1.54, 1.807) is 0 Å². The summed E-state index contributed by atoms with van der Waals surface area (Å²) in [6.07, 6.45) is 2.76. The first kappa shape index (κ1) is 13.5. The Labute approximate surface area is 133 Å². The predicted octanol–water partition coefficient (Wildman–Crippen LogP) is 5.69. The average Bonchev–Trinajstić information content (AvgIpc) is 3.03. The van der Waals surface area contributed by atoms with Crippen molar-refractivity contribution in [3.05, 3.63) is 46.7 Å². The summed E-state index contributed by atoms with van der Waals surface area (Å²) in [5, 5.41) is 7.19. The third-order valence-corrected chi connectivity index (χ3v) is 6.30. The summed E-state index contributed by atoms with van der Waals surface area (Å²) in [5.41, 5.74) is 1.35. The molecule has 2 aromatic heterocycles. The second-order valence-electron chi connectivity index (χ2n) is 5.75. The molecule has 1 unspecified atom stereocenters. The van der Waals surface area contributed by atoms with E-state index in [9.17, 15) is 0 Å². The van der Waals surface area contributed by atoms with Crippen LogP contribution in [-0.4, -0.2) is 6.54 Å². The Morgan fingerprint density at radius 1 is 1.19 bits per heavy atom. The van der Waals surface area contributed by atoms with Crippen molar-refractivity contribution in [1.82, 2.24) is 5.32 Å². The van der Waals surface area contributed by atoms with Crippen molar-refractivity contribution in [2.45, 2.75) is 25.8 Å². The fourth-order valence-corrected chi connectivity index (χ4v) is 4.89. The van der Waals surface area contributed by atoms with Gasteiger partial charge in [-0.25, -0.2) is 0 Å². The topological polar surface area (TPSA) is 12.0 Å². The van der Waals surface area contributed by atoms with Crippen LogP contribution in [0.2, 0.25) is 0 Å². The van der Waals surface area contributed by atoms with Gasteiger partial charge in [0.2, 0.25) is 0 Å². The van der Waals surface area contributed by atoms with Crippen molar-refractivity contribution in [3.8, 4) is 10.4 Å². The molecule has 0 saturated heterocycles. The second-order valence-corrected chi connectivity index (χ2v) is 7.81. The number of fused-ring (bicyclic) bond motifs is 1. The largest absolute Gasteiger partial charge is 0.309 e. The lowest BCUT2D eigenvalue weighted by molar-refractivity contribution is 0.504. The van der Waals surface area contributed by atoms with Gasteiger partial charge in [-0.2, -0.15) is 0 Å². The van der Waals surface area contributed by atoms with Gasteiger partial charge in [-0.15, -0.1) is 22.7 Å². The Kier molecular flexibility index (Phi) is 3.57. The van der Waals surface area contributed by atoms with Crippen LogP contribution in [0.5, 0.6) is 0 Å². The number of rotatable bonds is 5. The molecule has 1 aliphatic rings. The van der Waals surface area contributed by atoms with Crippen LogP contribution >= 0.6 is 22.7 Å². The molecule has 0 aliphatic heterocycles. The maximum absolute atomic E-state index is 3.66. The molecule has 1 fully saturated rings. The molecule has 1 aromatic carbocycles. The van der Waals surface area contributed by atoms with Crippen molar-refractivity contribution in [1.29, 1.82) is 0 Å². The van der Waals surface area contributed by atoms with Gasteiger partial charge in [0.25, 0.3) is 0 Å². The van der Waals surface area contributed by atoms with Crippen LogP contribution in [0, 0.1) is 5.92 Å². The van der Waals surface area contributed by atoms with E-state index in [0.29, 0.717) is 6.04 Å². The zero-order chi connectivity index (χ0) is 14.2. The molecule has 0 amide bonds. The highest BCUT2D eigenvalue weighted by molar-refractivity contribution is 7.17. The Balaban J connectivity index is 1.66. The average molecular weight is 313 g/mol. The molecule has 0 bridgehead atoms. The van der Waals surface area contributed by atoms with Crippen molar-refractivity contribution < 1.29 is 0 Å². The molecule has 1 saturated carbocycles. The fraction of sp³-hybridized carbons (Fsp3) is 0.333. The van der Waals surface area contributed by atoms with Gasteiger partial charge < -0.3 is 5.32 Å². The molecule has 0 spiro atoms. The van der Waals surface area contributed by atoms with Gasteiger partial charge >= 0.3 is 0 Å². The van der Waals surface area contributed by atoms with E-state index >= 15 is 0 Å². The van der Waals surface area contributed by atoms with E-state index < -0.39 is 0 Å². The highest BCUT2D eigenvalue weighted by atomic mass is 32.1. The van der Waals surface area contributed by atoms with E-state index in [2.05, 4.69) is 54.0 Å². The van der Waals surface area contributed by atoms with Crippen LogP contribution in [0.15, 0.2) is 41.8 Å². The highest BCUT2D eigenvalue weighted by Crippen LogP contribution is 2.44. The van der Waals surface area contributed by atoms with E-state index in [1.165, 1.54) is 38.2 Å². The van der Waals surface area contributed by atoms with Crippen LogP contribution in [0.3, 0.4) is 0 Å². The van der Waals surface area contributed by atoms with E-state index in [0.717, 1.165) is 12.5 Å². The Hall–Kier alpha value is -1.16. The molecule has 4 rings (SSSR count). The normalized spacial score (nSPS) is 16.4. The van der Waals surface area contributed by atoms with Crippen molar-refractivity contribution in [2.75, 3.05) is 6.54 Å². The molecular formula is C18H19NS2. The summed E-state index contributed by atoms with van der Waals surface area (Å²) < 4.78 is 1.37. The summed E-state index contributed by atoms with van der Waals surface area (Å²) in [4.78, 5) is 2.89. The van der Waals surface area contributed by atoms with E-state index in [-0.39, 0.29) is 0 Å². The zero-order valence-corrected chi connectivity index (χ0v) is 13.8. The molecule has 3 aromatic rings. The maximum atomic E-state index is 3.66. The molecule has 3 heteroatoms.